The molecule has 0 atom stereocenters. The number of carbonyl (C=O) groups excluding carboxylic acids is 1. The van der Waals surface area contributed by atoms with Gasteiger partial charge in [-0.3, -0.25) is 4.79 Å². The maximum Gasteiger partial charge on any atom is 0.248 e. The third-order valence-corrected chi connectivity index (χ3v) is 2.67. The summed E-state index contributed by atoms with van der Waals surface area (Å²) >= 11 is 0. The van der Waals surface area contributed by atoms with Crippen LogP contribution in [0.2, 0.25) is 0 Å². The van der Waals surface area contributed by atoms with Crippen molar-refractivity contribution in [2.45, 2.75) is 13.8 Å². The molecule has 4 nitrogen and oxygen atoms in total. The lowest BCUT2D eigenvalue weighted by molar-refractivity contribution is -0.124. The van der Waals surface area contributed by atoms with Crippen molar-refractivity contribution in [2.24, 2.45) is 0 Å². The lowest BCUT2D eigenvalue weighted by atomic mass is 10.1. The van der Waals surface area contributed by atoms with Crippen molar-refractivity contribution in [1.82, 2.24) is 4.90 Å². The molecule has 0 aliphatic rings. The second-order valence-electron chi connectivity index (χ2n) is 4.20. The van der Waals surface area contributed by atoms with Crippen LogP contribution in [0.1, 0.15) is 16.7 Å². The average Bonchev–Trinajstić information content (AvgIpc) is 2.37. The van der Waals surface area contributed by atoms with E-state index in [0.717, 1.165) is 16.7 Å². The molecule has 1 amide bonds. The molecule has 4 heteroatoms. The van der Waals surface area contributed by atoms with E-state index < -0.39 is 0 Å². The van der Waals surface area contributed by atoms with Gasteiger partial charge in [-0.15, -0.1) is 0 Å². The molecule has 0 unspecified atom stereocenters. The number of carbonyl (C=O) groups is 1. The number of hydrogen-bond acceptors (Lipinski definition) is 3. The maximum atomic E-state index is 11.8. The molecule has 0 fully saturated rings. The first-order valence-corrected chi connectivity index (χ1v) is 5.86. The van der Waals surface area contributed by atoms with E-state index in [1.165, 1.54) is 11.0 Å². The highest BCUT2D eigenvalue weighted by atomic mass is 16.2. The SMILES string of the molecule is Cc1ccc(/C=C/C(=O)N(CC#N)CC#N)c(C)c1. The molecule has 1 aromatic carbocycles. The van der Waals surface area contributed by atoms with E-state index in [1.807, 2.05) is 44.2 Å². The van der Waals surface area contributed by atoms with Crippen molar-refractivity contribution >= 4 is 12.0 Å². The fourth-order valence-electron chi connectivity index (χ4n) is 1.66. The molecule has 0 bridgehead atoms. The Balaban J connectivity index is 2.83. The standard InChI is InChI=1S/C15H15N3O/c1-12-3-4-14(13(2)11-12)5-6-15(19)18(9-7-16)10-8-17/h3-6,11H,9-10H2,1-2H3/b6-5+. The first kappa shape index (κ1) is 14.5. The zero-order valence-electron chi connectivity index (χ0n) is 11.1. The van der Waals surface area contributed by atoms with E-state index in [4.69, 9.17) is 10.5 Å². The highest BCUT2D eigenvalue weighted by Gasteiger charge is 2.08. The number of amides is 1. The summed E-state index contributed by atoms with van der Waals surface area (Å²) in [5, 5.41) is 17.2. The number of benzene rings is 1. The van der Waals surface area contributed by atoms with Crippen molar-refractivity contribution in [3.8, 4) is 12.1 Å². The van der Waals surface area contributed by atoms with Gasteiger partial charge in [0.05, 0.1) is 12.1 Å². The molecule has 0 heterocycles. The molecule has 0 aliphatic heterocycles. The molecule has 0 radical (unpaired) electrons. The molecule has 1 aromatic rings. The number of nitrogens with zero attached hydrogens (tertiary/aromatic N) is 3. The Kier molecular flexibility index (Phi) is 5.32. The second-order valence-corrected chi connectivity index (χ2v) is 4.20. The lowest BCUT2D eigenvalue weighted by Gasteiger charge is -2.12. The van der Waals surface area contributed by atoms with Gasteiger partial charge in [0.15, 0.2) is 0 Å². The summed E-state index contributed by atoms with van der Waals surface area (Å²) in [7, 11) is 0. The minimum atomic E-state index is -0.330. The molecular weight excluding hydrogens is 238 g/mol. The molecule has 0 saturated heterocycles. The Labute approximate surface area is 113 Å². The largest absolute Gasteiger partial charge is 0.313 e. The third-order valence-electron chi connectivity index (χ3n) is 2.67. The summed E-state index contributed by atoms with van der Waals surface area (Å²) in [6.45, 7) is 3.82. The summed E-state index contributed by atoms with van der Waals surface area (Å²) in [4.78, 5) is 13.0. The van der Waals surface area contributed by atoms with Crippen molar-refractivity contribution in [1.29, 1.82) is 10.5 Å². The number of nitriles is 2. The quantitative estimate of drug-likeness (QED) is 0.610. The van der Waals surface area contributed by atoms with E-state index in [0.29, 0.717) is 0 Å². The van der Waals surface area contributed by atoms with Crippen molar-refractivity contribution in [3.63, 3.8) is 0 Å². The van der Waals surface area contributed by atoms with Gasteiger partial charge in [0, 0.05) is 6.08 Å². The monoisotopic (exact) mass is 253 g/mol. The number of aryl methyl sites for hydroxylation is 2. The summed E-state index contributed by atoms with van der Waals surface area (Å²) < 4.78 is 0. The number of hydrogen-bond donors (Lipinski definition) is 0. The van der Waals surface area contributed by atoms with Crippen LogP contribution in [0.25, 0.3) is 6.08 Å². The summed E-state index contributed by atoms with van der Waals surface area (Å²) in [5.41, 5.74) is 3.19. The summed E-state index contributed by atoms with van der Waals surface area (Å²) in [6.07, 6.45) is 3.10. The first-order valence-electron chi connectivity index (χ1n) is 5.86. The van der Waals surface area contributed by atoms with Gasteiger partial charge in [0.2, 0.25) is 5.91 Å². The van der Waals surface area contributed by atoms with Crippen molar-refractivity contribution in [3.05, 3.63) is 41.0 Å². The van der Waals surface area contributed by atoms with Gasteiger partial charge in [-0.05, 0) is 31.1 Å². The number of rotatable bonds is 4. The zero-order chi connectivity index (χ0) is 14.3. The van der Waals surface area contributed by atoms with Gasteiger partial charge in [-0.1, -0.05) is 23.8 Å². The fourth-order valence-corrected chi connectivity index (χ4v) is 1.66. The Morgan fingerprint density at radius 2 is 1.89 bits per heavy atom. The van der Waals surface area contributed by atoms with Gasteiger partial charge in [-0.2, -0.15) is 10.5 Å². The van der Waals surface area contributed by atoms with Gasteiger partial charge < -0.3 is 4.90 Å². The summed E-state index contributed by atoms with van der Waals surface area (Å²) in [6, 6.07) is 9.69. The molecule has 0 N–H and O–H groups in total. The second kappa shape index (κ2) is 6.98. The highest BCUT2D eigenvalue weighted by molar-refractivity contribution is 5.92. The van der Waals surface area contributed by atoms with Crippen LogP contribution in [0, 0.1) is 36.5 Å². The van der Waals surface area contributed by atoms with E-state index in [9.17, 15) is 4.79 Å². The van der Waals surface area contributed by atoms with Crippen LogP contribution in [-0.4, -0.2) is 23.9 Å². The minimum absolute atomic E-state index is 0.0797. The van der Waals surface area contributed by atoms with E-state index in [1.54, 1.807) is 6.08 Å². The topological polar surface area (TPSA) is 67.9 Å². The Hall–Kier alpha value is -2.59. The fraction of sp³-hybridized carbons (Fsp3) is 0.267. The van der Waals surface area contributed by atoms with Crippen molar-refractivity contribution < 1.29 is 4.79 Å². The van der Waals surface area contributed by atoms with Crippen LogP contribution in [0.5, 0.6) is 0 Å². The van der Waals surface area contributed by atoms with Crippen LogP contribution in [0.15, 0.2) is 24.3 Å². The van der Waals surface area contributed by atoms with Gasteiger partial charge in [0.1, 0.15) is 13.1 Å². The normalized spacial score (nSPS) is 9.89. The van der Waals surface area contributed by atoms with Crippen LogP contribution >= 0.6 is 0 Å². The molecule has 1 rings (SSSR count). The minimum Gasteiger partial charge on any atom is -0.313 e. The van der Waals surface area contributed by atoms with Gasteiger partial charge >= 0.3 is 0 Å². The molecule has 96 valence electrons. The molecule has 0 saturated carbocycles. The molecular formula is C15H15N3O. The van der Waals surface area contributed by atoms with E-state index >= 15 is 0 Å². The molecule has 0 aliphatic carbocycles. The summed E-state index contributed by atoms with van der Waals surface area (Å²) in [5.74, 6) is -0.330. The molecule has 19 heavy (non-hydrogen) atoms. The van der Waals surface area contributed by atoms with Crippen LogP contribution in [-0.2, 0) is 4.79 Å². The van der Waals surface area contributed by atoms with Crippen LogP contribution in [0.4, 0.5) is 0 Å². The first-order chi connectivity index (χ1) is 9.08. The van der Waals surface area contributed by atoms with E-state index in [-0.39, 0.29) is 19.0 Å². The zero-order valence-corrected chi connectivity index (χ0v) is 11.1. The van der Waals surface area contributed by atoms with Gasteiger partial charge in [0.25, 0.3) is 0 Å². The molecule has 0 aromatic heterocycles. The highest BCUT2D eigenvalue weighted by Crippen LogP contribution is 2.12. The smallest absolute Gasteiger partial charge is 0.248 e. The maximum absolute atomic E-state index is 11.8. The average molecular weight is 253 g/mol. The Bertz CT molecular complexity index is 560. The van der Waals surface area contributed by atoms with Crippen LogP contribution in [0.3, 0.4) is 0 Å². The predicted molar refractivity (Wildman–Crippen MR) is 72.8 cm³/mol. The lowest BCUT2D eigenvalue weighted by Crippen LogP contribution is -2.30. The van der Waals surface area contributed by atoms with Crippen molar-refractivity contribution in [2.75, 3.05) is 13.1 Å². The third kappa shape index (κ3) is 4.29. The van der Waals surface area contributed by atoms with Gasteiger partial charge in [-0.25, -0.2) is 0 Å². The Morgan fingerprint density at radius 3 is 2.42 bits per heavy atom. The van der Waals surface area contributed by atoms with E-state index in [2.05, 4.69) is 0 Å². The predicted octanol–water partition coefficient (Wildman–Crippen LogP) is 2.19. The van der Waals surface area contributed by atoms with Crippen LogP contribution < -0.4 is 0 Å². The Morgan fingerprint density at radius 1 is 1.26 bits per heavy atom. The molecule has 0 spiro atoms.